The third kappa shape index (κ3) is 4.06. The second kappa shape index (κ2) is 8.85. The minimum atomic E-state index is 0.0542. The molecule has 32 heavy (non-hydrogen) atoms. The Hall–Kier alpha value is -3.02. The molecule has 4 aromatic rings. The predicted molar refractivity (Wildman–Crippen MR) is 126 cm³/mol. The normalized spacial score (nSPS) is 15.8. The number of benzene rings is 1. The van der Waals surface area contributed by atoms with Gasteiger partial charge in [0.25, 0.3) is 0 Å². The molecule has 0 aliphatic carbocycles. The smallest absolute Gasteiger partial charge is 0.0382 e. The first-order chi connectivity index (χ1) is 15.6. The van der Waals surface area contributed by atoms with Crippen LogP contribution in [0.15, 0.2) is 60.9 Å². The molecule has 0 saturated carbocycles. The van der Waals surface area contributed by atoms with Crippen LogP contribution < -0.4 is 13.9 Å². The summed E-state index contributed by atoms with van der Waals surface area (Å²) in [5.41, 5.74) is 4.67. The van der Waals surface area contributed by atoms with E-state index in [1.165, 1.54) is 0 Å². The summed E-state index contributed by atoms with van der Waals surface area (Å²) in [4.78, 5) is 23.9. The van der Waals surface area contributed by atoms with Crippen LogP contribution in [-0.2, 0) is 0 Å². The Labute approximate surface area is 201 Å². The number of carbonyl (C=O) groups is 1. The van der Waals surface area contributed by atoms with Gasteiger partial charge in [-0.3, -0.25) is 0 Å². The maximum atomic E-state index is 12.9. The van der Waals surface area contributed by atoms with Crippen molar-refractivity contribution in [3.8, 4) is 11.3 Å². The fourth-order valence-corrected chi connectivity index (χ4v) is 5.44. The number of anilines is 2. The minimum absolute atomic E-state index is 0.0542. The van der Waals surface area contributed by atoms with Crippen molar-refractivity contribution in [2.75, 3.05) is 30.8 Å². The van der Waals surface area contributed by atoms with Gasteiger partial charge in [-0.05, 0) is 12.1 Å². The van der Waals surface area contributed by atoms with Crippen LogP contribution in [0.3, 0.4) is 0 Å². The number of pyridine rings is 1. The average molecular weight is 620 g/mol. The predicted octanol–water partition coefficient (Wildman–Crippen LogP) is 1.95. The SMILES string of the molecule is CNc1ccc(C(=O)N2CCC(Nc3nccc(-c4[c]([Pb])nn5ccccc45)n3)C2)cc1. The van der Waals surface area contributed by atoms with Crippen LogP contribution >= 0.6 is 0 Å². The Bertz CT molecular complexity index is 1270. The molecule has 0 spiro atoms. The van der Waals surface area contributed by atoms with E-state index in [-0.39, 0.29) is 11.9 Å². The quantitative estimate of drug-likeness (QED) is 0.333. The number of carbonyl (C=O) groups excluding carboxylic acids is 1. The van der Waals surface area contributed by atoms with Crippen LogP contribution in [0.1, 0.15) is 16.8 Å². The molecule has 3 radical (unpaired) electrons. The van der Waals surface area contributed by atoms with Crippen LogP contribution in [0.25, 0.3) is 16.8 Å². The molecule has 1 aromatic carbocycles. The Balaban J connectivity index is 1.30. The number of fused-ring (bicyclic) bond motifs is 1. The van der Waals surface area contributed by atoms with E-state index in [4.69, 9.17) is 4.98 Å². The molecule has 1 atom stereocenters. The molecule has 1 aliphatic rings. The van der Waals surface area contributed by atoms with Crippen LogP contribution in [-0.4, -0.2) is 82.3 Å². The average Bonchev–Trinajstić information content (AvgIpc) is 3.42. The van der Waals surface area contributed by atoms with Gasteiger partial charge >= 0.3 is 172 Å². The molecule has 5 rings (SSSR count). The van der Waals surface area contributed by atoms with Crippen LogP contribution in [0.2, 0.25) is 0 Å². The zero-order valence-electron chi connectivity index (χ0n) is 17.6. The Morgan fingerprint density at radius 3 is 2.81 bits per heavy atom. The molecule has 159 valence electrons. The molecule has 1 amide bonds. The van der Waals surface area contributed by atoms with Crippen LogP contribution in [0, 0.1) is 0 Å². The van der Waals surface area contributed by atoms with Gasteiger partial charge in [0, 0.05) is 12.7 Å². The van der Waals surface area contributed by atoms with Gasteiger partial charge < -0.3 is 5.32 Å². The van der Waals surface area contributed by atoms with Crippen molar-refractivity contribution in [3.05, 3.63) is 66.5 Å². The molecule has 0 bridgehead atoms. The van der Waals surface area contributed by atoms with E-state index in [1.807, 2.05) is 65.1 Å². The molecular weight excluding hydrogens is 598 g/mol. The maximum absolute atomic E-state index is 12.9. The number of nitrogens with zero attached hydrogens (tertiary/aromatic N) is 5. The van der Waals surface area contributed by atoms with E-state index in [0.717, 1.165) is 57.9 Å². The Morgan fingerprint density at radius 2 is 2.00 bits per heavy atom. The zero-order valence-corrected chi connectivity index (χ0v) is 21.5. The molecule has 3 aromatic heterocycles. The van der Waals surface area contributed by atoms with Crippen LogP contribution in [0.5, 0.6) is 0 Å². The number of likely N-dealkylation sites (tertiary alicyclic amines) is 1. The number of aromatic nitrogens is 4. The summed E-state index contributed by atoms with van der Waals surface area (Å²) in [7, 11) is 1.86. The number of amides is 1. The van der Waals surface area contributed by atoms with Gasteiger partial charge in [0.05, 0.1) is 0 Å². The van der Waals surface area contributed by atoms with Crippen LogP contribution in [0.4, 0.5) is 11.6 Å². The van der Waals surface area contributed by atoms with Crippen molar-refractivity contribution in [2.45, 2.75) is 12.5 Å². The summed E-state index contributed by atoms with van der Waals surface area (Å²) in [6, 6.07) is 15.7. The Morgan fingerprint density at radius 1 is 1.16 bits per heavy atom. The summed E-state index contributed by atoms with van der Waals surface area (Å²) in [5, 5.41) is 11.1. The van der Waals surface area contributed by atoms with Crippen molar-refractivity contribution in [1.29, 1.82) is 0 Å². The molecule has 8 nitrogen and oxygen atoms in total. The van der Waals surface area contributed by atoms with E-state index < -0.39 is 0 Å². The number of hydrogen-bond donors (Lipinski definition) is 2. The fourth-order valence-electron chi connectivity index (χ4n) is 4.03. The molecule has 1 unspecified atom stereocenters. The summed E-state index contributed by atoms with van der Waals surface area (Å²) in [6.45, 7) is 1.34. The molecule has 1 fully saturated rings. The van der Waals surface area contributed by atoms with Gasteiger partial charge in [0.15, 0.2) is 0 Å². The molecule has 4 heterocycles. The number of nitrogens with one attached hydrogen (secondary N) is 2. The summed E-state index contributed by atoms with van der Waals surface area (Å²) < 4.78 is 2.96. The van der Waals surface area contributed by atoms with E-state index in [9.17, 15) is 4.79 Å². The van der Waals surface area contributed by atoms with Gasteiger partial charge in [-0.15, -0.1) is 0 Å². The van der Waals surface area contributed by atoms with Gasteiger partial charge in [-0.25, -0.2) is 0 Å². The van der Waals surface area contributed by atoms with E-state index in [1.54, 1.807) is 6.20 Å². The zero-order chi connectivity index (χ0) is 22.1. The minimum Gasteiger partial charge on any atom is -0.0382 e. The second-order valence-corrected chi connectivity index (χ2v) is 9.57. The Kier molecular flexibility index (Phi) is 5.77. The van der Waals surface area contributed by atoms with Gasteiger partial charge in [0.2, 0.25) is 0 Å². The summed E-state index contributed by atoms with van der Waals surface area (Å²) in [6.07, 6.45) is 4.59. The number of hydrogen-bond acceptors (Lipinski definition) is 6. The van der Waals surface area contributed by atoms with E-state index in [0.29, 0.717) is 24.6 Å². The third-order valence-corrected chi connectivity index (χ3v) is 7.04. The second-order valence-electron chi connectivity index (χ2n) is 7.73. The monoisotopic (exact) mass is 620 g/mol. The van der Waals surface area contributed by atoms with Gasteiger partial charge in [0.1, 0.15) is 0 Å². The van der Waals surface area contributed by atoms with Crippen molar-refractivity contribution >= 4 is 52.1 Å². The molecule has 9 heteroatoms. The first-order valence-electron chi connectivity index (χ1n) is 10.5. The van der Waals surface area contributed by atoms with E-state index in [2.05, 4.69) is 26.8 Å². The van der Waals surface area contributed by atoms with Gasteiger partial charge in [-0.1, -0.05) is 0 Å². The molecule has 1 saturated heterocycles. The van der Waals surface area contributed by atoms with Crippen molar-refractivity contribution in [1.82, 2.24) is 24.5 Å². The summed E-state index contributed by atoms with van der Waals surface area (Å²) >= 11 is 0.827. The van der Waals surface area contributed by atoms with Crippen molar-refractivity contribution < 1.29 is 4.79 Å². The van der Waals surface area contributed by atoms with E-state index >= 15 is 0 Å². The molecule has 1 aliphatic heterocycles. The van der Waals surface area contributed by atoms with Gasteiger partial charge in [-0.2, -0.15) is 0 Å². The molecule has 2 N–H and O–H groups in total. The summed E-state index contributed by atoms with van der Waals surface area (Å²) in [5.74, 6) is 0.634. The topological polar surface area (TPSA) is 87.5 Å². The number of rotatable bonds is 5. The van der Waals surface area contributed by atoms with Crippen molar-refractivity contribution in [3.63, 3.8) is 0 Å². The third-order valence-electron chi connectivity index (χ3n) is 5.68. The van der Waals surface area contributed by atoms with Crippen molar-refractivity contribution in [2.24, 2.45) is 0 Å². The standard InChI is InChI=1S/C23H22N7O.Pb/c1-24-17-7-5-16(6-8-17)22(31)29-13-10-18(15-29)27-23-25-11-9-20(28-23)19-14-26-30-12-3-2-4-21(19)30;/h2-9,11-12,18,24H,10,13,15H2,1H3,(H,25,27,28);. The first kappa shape index (κ1) is 20.9. The first-order valence-corrected chi connectivity index (χ1v) is 12.4. The fraction of sp³-hybridized carbons (Fsp3) is 0.217. The molecular formula is C23H22N7OPb.